The zero-order valence-corrected chi connectivity index (χ0v) is 35.0. The number of carbonyl (C=O) groups excluding carboxylic acids is 7. The fraction of sp³-hybridized carbons (Fsp3) is 0.703. The van der Waals surface area contributed by atoms with Gasteiger partial charge in [0.2, 0.25) is 41.4 Å². The average molecular weight is 859 g/mol. The van der Waals surface area contributed by atoms with Crippen molar-refractivity contribution in [3.05, 3.63) is 0 Å². The third-order valence-electron chi connectivity index (χ3n) is 9.34. The predicted octanol–water partition coefficient (Wildman–Crippen LogP) is -2.21. The van der Waals surface area contributed by atoms with Crippen LogP contribution in [0.5, 0.6) is 0 Å². The van der Waals surface area contributed by atoms with Crippen LogP contribution in [0.1, 0.15) is 99.8 Å². The third kappa shape index (κ3) is 20.7. The average Bonchev–Trinajstić information content (AvgIpc) is 3.15. The summed E-state index contributed by atoms with van der Waals surface area (Å²) in [7, 11) is 0. The number of carboxylic acids is 4. The molecule has 9 atom stereocenters. The van der Waals surface area contributed by atoms with Crippen LogP contribution < -0.4 is 43.0 Å². The van der Waals surface area contributed by atoms with Crippen LogP contribution in [0, 0.1) is 17.8 Å². The van der Waals surface area contributed by atoms with Gasteiger partial charge in [-0.2, -0.15) is 0 Å². The number of carboxylic acid groups (broad SMARTS) is 4. The van der Waals surface area contributed by atoms with E-state index >= 15 is 0 Å². The Morgan fingerprint density at radius 2 is 0.917 bits per heavy atom. The van der Waals surface area contributed by atoms with Gasteiger partial charge in [0.1, 0.15) is 36.3 Å². The Bertz CT molecular complexity index is 1560. The molecule has 7 amide bonds. The normalized spacial score (nSPS) is 15.5. The van der Waals surface area contributed by atoms with Crippen molar-refractivity contribution in [2.24, 2.45) is 23.5 Å². The molecule has 0 unspecified atom stereocenters. The third-order valence-corrected chi connectivity index (χ3v) is 9.34. The molecule has 0 aliphatic carbocycles. The van der Waals surface area contributed by atoms with E-state index in [1.165, 1.54) is 6.92 Å². The molecule has 23 heteroatoms. The van der Waals surface area contributed by atoms with Crippen LogP contribution in [0.4, 0.5) is 0 Å². The highest BCUT2D eigenvalue weighted by molar-refractivity contribution is 5.98. The van der Waals surface area contributed by atoms with Crippen LogP contribution in [0.15, 0.2) is 0 Å². The van der Waals surface area contributed by atoms with Crippen LogP contribution in [0.3, 0.4) is 0 Å². The predicted molar refractivity (Wildman–Crippen MR) is 210 cm³/mol. The molecule has 0 saturated carbocycles. The van der Waals surface area contributed by atoms with E-state index in [-0.39, 0.29) is 25.2 Å². The molecular weight excluding hydrogens is 796 g/mol. The summed E-state index contributed by atoms with van der Waals surface area (Å²) in [6, 6.07) is -9.94. The zero-order valence-electron chi connectivity index (χ0n) is 35.0. The van der Waals surface area contributed by atoms with Crippen molar-refractivity contribution in [3.63, 3.8) is 0 Å². The molecule has 13 N–H and O–H groups in total. The summed E-state index contributed by atoms with van der Waals surface area (Å²) < 4.78 is 0. The van der Waals surface area contributed by atoms with Gasteiger partial charge < -0.3 is 63.4 Å². The standard InChI is InChI=1S/C37H62N8O15/c1-8-18(5)29(35(57)41-21(10-12-26(47)48)33(55)43-24(37(59)60)14-17(3)4)44-25(46)16-39-32(54)23(15-28(51)52)42-36(58)30(19(6)9-2)45-34(56)22(11-13-27(49)50)40-31(53)20(7)38/h17-24,29-30H,8-16,38H2,1-7H3,(H,39,54)(H,40,53)(H,41,57)(H,42,58)(H,43,55)(H,44,46)(H,45,56)(H,47,48)(H,49,50)(H,51,52)(H,59,60)/t18-,19-,20-,21-,22-,23-,24-,29-,30-/m0/s1. The molecule has 0 aromatic carbocycles. The van der Waals surface area contributed by atoms with Crippen molar-refractivity contribution in [1.29, 1.82) is 0 Å². The Hall–Kier alpha value is -5.87. The lowest BCUT2D eigenvalue weighted by Crippen LogP contribution is -2.60. The lowest BCUT2D eigenvalue weighted by Gasteiger charge is -2.28. The van der Waals surface area contributed by atoms with Gasteiger partial charge in [-0.1, -0.05) is 54.4 Å². The smallest absolute Gasteiger partial charge is 0.326 e. The summed E-state index contributed by atoms with van der Waals surface area (Å²) >= 11 is 0. The second-order valence-electron chi connectivity index (χ2n) is 15.0. The van der Waals surface area contributed by atoms with Gasteiger partial charge in [-0.15, -0.1) is 0 Å². The Morgan fingerprint density at radius 1 is 0.500 bits per heavy atom. The maximum Gasteiger partial charge on any atom is 0.326 e. The summed E-state index contributed by atoms with van der Waals surface area (Å²) in [6.07, 6.45) is -2.28. The first-order valence-electron chi connectivity index (χ1n) is 19.6. The first-order valence-corrected chi connectivity index (χ1v) is 19.6. The number of nitrogens with one attached hydrogen (secondary N) is 7. The van der Waals surface area contributed by atoms with Crippen LogP contribution in [-0.4, -0.2) is 134 Å². The van der Waals surface area contributed by atoms with Gasteiger partial charge >= 0.3 is 23.9 Å². The number of rotatable bonds is 29. The van der Waals surface area contributed by atoms with Crippen LogP contribution in [0.25, 0.3) is 0 Å². The van der Waals surface area contributed by atoms with E-state index in [4.69, 9.17) is 10.8 Å². The molecule has 340 valence electrons. The molecule has 0 rings (SSSR count). The zero-order chi connectivity index (χ0) is 46.4. The van der Waals surface area contributed by atoms with Crippen LogP contribution in [-0.2, 0) is 52.7 Å². The van der Waals surface area contributed by atoms with Crippen molar-refractivity contribution in [1.82, 2.24) is 37.2 Å². The molecule has 0 radical (unpaired) electrons. The Kier molecular flexibility index (Phi) is 24.4. The van der Waals surface area contributed by atoms with E-state index in [0.717, 1.165) is 0 Å². The van der Waals surface area contributed by atoms with E-state index in [2.05, 4.69) is 37.2 Å². The number of hydrogen-bond acceptors (Lipinski definition) is 12. The van der Waals surface area contributed by atoms with Gasteiger partial charge in [0, 0.05) is 12.8 Å². The lowest BCUT2D eigenvalue weighted by molar-refractivity contribution is -0.143. The van der Waals surface area contributed by atoms with Gasteiger partial charge in [-0.05, 0) is 43.9 Å². The van der Waals surface area contributed by atoms with Crippen molar-refractivity contribution >= 4 is 65.2 Å². The van der Waals surface area contributed by atoms with E-state index < -0.39 is 152 Å². The summed E-state index contributed by atoms with van der Waals surface area (Å²) in [4.78, 5) is 138. The monoisotopic (exact) mass is 858 g/mol. The fourth-order valence-corrected chi connectivity index (χ4v) is 5.42. The largest absolute Gasteiger partial charge is 0.481 e. The topological polar surface area (TPSA) is 379 Å². The Labute approximate surface area is 347 Å². The molecular formula is C37H62N8O15. The lowest BCUT2D eigenvalue weighted by atomic mass is 9.96. The van der Waals surface area contributed by atoms with Gasteiger partial charge in [0.25, 0.3) is 0 Å². The minimum absolute atomic E-state index is 0.0382. The van der Waals surface area contributed by atoms with Crippen LogP contribution >= 0.6 is 0 Å². The fourth-order valence-electron chi connectivity index (χ4n) is 5.42. The molecule has 0 heterocycles. The minimum Gasteiger partial charge on any atom is -0.481 e. The molecule has 0 fully saturated rings. The summed E-state index contributed by atoms with van der Waals surface area (Å²) in [5, 5.41) is 53.7. The molecule has 0 spiro atoms. The molecule has 0 aromatic heterocycles. The van der Waals surface area contributed by atoms with Crippen molar-refractivity contribution < 1.29 is 73.2 Å². The van der Waals surface area contributed by atoms with Crippen LogP contribution in [0.2, 0.25) is 0 Å². The maximum atomic E-state index is 13.5. The van der Waals surface area contributed by atoms with Gasteiger partial charge in [-0.3, -0.25) is 47.9 Å². The number of hydrogen-bond donors (Lipinski definition) is 12. The number of nitrogens with two attached hydrogens (primary N) is 1. The molecule has 0 aliphatic heterocycles. The van der Waals surface area contributed by atoms with Gasteiger partial charge in [0.05, 0.1) is 19.0 Å². The molecule has 23 nitrogen and oxygen atoms in total. The summed E-state index contributed by atoms with van der Waals surface area (Å²) in [6.45, 7) is 10.4. The highest BCUT2D eigenvalue weighted by Crippen LogP contribution is 2.13. The SMILES string of the molecule is CC[C@H](C)[C@H](NC(=O)CNC(=O)[C@H](CC(=O)O)NC(=O)[C@@H](NC(=O)[C@H](CCC(=O)O)NC(=O)[C@H](C)N)[C@@H](C)CC)C(=O)N[C@@H](CCC(=O)O)C(=O)N[C@@H](CC(C)C)C(=O)O. The van der Waals surface area contributed by atoms with Crippen molar-refractivity contribution in [2.45, 2.75) is 142 Å². The second-order valence-corrected chi connectivity index (χ2v) is 15.0. The van der Waals surface area contributed by atoms with Gasteiger partial charge in [0.15, 0.2) is 0 Å². The quantitative estimate of drug-likeness (QED) is 0.0379. The first-order chi connectivity index (χ1) is 27.8. The van der Waals surface area contributed by atoms with Gasteiger partial charge in [-0.25, -0.2) is 4.79 Å². The molecule has 0 aromatic rings. The Balaban J connectivity index is 6.10. The van der Waals surface area contributed by atoms with E-state index in [1.54, 1.807) is 41.5 Å². The van der Waals surface area contributed by atoms with E-state index in [1.807, 2.05) is 0 Å². The summed E-state index contributed by atoms with van der Waals surface area (Å²) in [5.74, 6) is -13.6. The molecule has 0 bridgehead atoms. The highest BCUT2D eigenvalue weighted by atomic mass is 16.4. The molecule has 0 aliphatic rings. The number of amides is 7. The number of carbonyl (C=O) groups is 11. The van der Waals surface area contributed by atoms with E-state index in [0.29, 0.717) is 6.42 Å². The Morgan fingerprint density at radius 3 is 1.32 bits per heavy atom. The minimum atomic E-state index is -1.81. The molecule has 0 saturated heterocycles. The number of aliphatic carboxylic acids is 4. The van der Waals surface area contributed by atoms with Crippen molar-refractivity contribution in [2.75, 3.05) is 6.54 Å². The molecule has 60 heavy (non-hydrogen) atoms. The van der Waals surface area contributed by atoms with E-state index in [9.17, 15) is 68.1 Å². The maximum absolute atomic E-state index is 13.5. The first kappa shape index (κ1) is 54.1. The summed E-state index contributed by atoms with van der Waals surface area (Å²) in [5.41, 5.74) is 5.56. The highest BCUT2D eigenvalue weighted by Gasteiger charge is 2.35. The van der Waals surface area contributed by atoms with Crippen molar-refractivity contribution in [3.8, 4) is 0 Å². The second kappa shape index (κ2) is 27.0.